The molecule has 116 valence electrons. The Balaban J connectivity index is 2.10. The van der Waals surface area contributed by atoms with Crippen LogP contribution in [0.1, 0.15) is 15.9 Å². The van der Waals surface area contributed by atoms with E-state index >= 15 is 0 Å². The zero-order chi connectivity index (χ0) is 16.2. The fraction of sp³-hybridized carbons (Fsp3) is 0.143. The number of hydrogen-bond acceptors (Lipinski definition) is 5. The second-order valence-electron chi connectivity index (χ2n) is 4.41. The average Bonchev–Trinajstić information content (AvgIpc) is 2.49. The summed E-state index contributed by atoms with van der Waals surface area (Å²) in [5.41, 5.74) is 0.618. The van der Waals surface area contributed by atoms with Gasteiger partial charge in [0.1, 0.15) is 10.9 Å². The van der Waals surface area contributed by atoms with Gasteiger partial charge in [0.2, 0.25) is 10.0 Å². The third-order valence-electron chi connectivity index (χ3n) is 2.73. The van der Waals surface area contributed by atoms with E-state index in [2.05, 4.69) is 4.98 Å². The summed E-state index contributed by atoms with van der Waals surface area (Å²) in [6.07, 6.45) is 1.34. The molecule has 1 aromatic heterocycles. The lowest BCUT2D eigenvalue weighted by Crippen LogP contribution is -2.31. The fourth-order valence-electron chi connectivity index (χ4n) is 1.71. The van der Waals surface area contributed by atoms with Gasteiger partial charge in [0, 0.05) is 11.8 Å². The zero-order valence-corrected chi connectivity index (χ0v) is 13.2. The van der Waals surface area contributed by atoms with E-state index in [0.717, 1.165) is 0 Å². The molecule has 1 aromatic carbocycles. The largest absolute Gasteiger partial charge is 0.497 e. The lowest BCUT2D eigenvalue weighted by atomic mass is 10.2. The second-order valence-corrected chi connectivity index (χ2v) is 6.52. The molecule has 0 aliphatic heterocycles. The van der Waals surface area contributed by atoms with Crippen molar-refractivity contribution in [2.45, 2.75) is 5.75 Å². The first-order valence-electron chi connectivity index (χ1n) is 6.19. The number of carbonyl (C=O) groups is 1. The number of halogens is 1. The van der Waals surface area contributed by atoms with Crippen molar-refractivity contribution in [3.8, 4) is 5.75 Å². The van der Waals surface area contributed by atoms with Crippen LogP contribution in [0.4, 0.5) is 0 Å². The van der Waals surface area contributed by atoms with Gasteiger partial charge in [0.15, 0.2) is 0 Å². The third-order valence-corrected chi connectivity index (χ3v) is 4.16. The van der Waals surface area contributed by atoms with E-state index in [0.29, 0.717) is 11.3 Å². The first kappa shape index (κ1) is 16.3. The average molecular weight is 341 g/mol. The number of nitrogens with zero attached hydrogens (tertiary/aromatic N) is 1. The van der Waals surface area contributed by atoms with Crippen LogP contribution in [-0.2, 0) is 15.8 Å². The van der Waals surface area contributed by atoms with Crippen molar-refractivity contribution in [3.63, 3.8) is 0 Å². The number of aromatic nitrogens is 1. The van der Waals surface area contributed by atoms with Crippen molar-refractivity contribution < 1.29 is 17.9 Å². The number of rotatable bonds is 5. The van der Waals surface area contributed by atoms with Crippen LogP contribution >= 0.6 is 11.6 Å². The Kier molecular flexibility index (Phi) is 4.99. The molecule has 8 heteroatoms. The van der Waals surface area contributed by atoms with Crippen LogP contribution in [0.25, 0.3) is 0 Å². The molecule has 2 rings (SSSR count). The molecule has 1 heterocycles. The van der Waals surface area contributed by atoms with Crippen molar-refractivity contribution in [1.29, 1.82) is 0 Å². The summed E-state index contributed by atoms with van der Waals surface area (Å²) in [6.45, 7) is 0. The van der Waals surface area contributed by atoms with Gasteiger partial charge in [0.05, 0.1) is 12.9 Å². The monoisotopic (exact) mass is 340 g/mol. The van der Waals surface area contributed by atoms with Crippen molar-refractivity contribution in [3.05, 3.63) is 58.9 Å². The predicted octanol–water partition coefficient (Wildman–Crippen LogP) is 2.00. The molecule has 22 heavy (non-hydrogen) atoms. The number of nitrogens with one attached hydrogen (secondary N) is 1. The maximum atomic E-state index is 12.0. The van der Waals surface area contributed by atoms with E-state index in [1.807, 2.05) is 4.72 Å². The molecule has 2 aromatic rings. The Morgan fingerprint density at radius 3 is 2.73 bits per heavy atom. The molecule has 0 bridgehead atoms. The lowest BCUT2D eigenvalue weighted by Gasteiger charge is -2.08. The number of sulfonamides is 1. The molecule has 0 aliphatic rings. The minimum atomic E-state index is -3.84. The normalized spacial score (nSPS) is 11.0. The number of hydrogen-bond donors (Lipinski definition) is 1. The Morgan fingerprint density at radius 1 is 1.32 bits per heavy atom. The van der Waals surface area contributed by atoms with E-state index < -0.39 is 15.9 Å². The first-order chi connectivity index (χ1) is 10.4. The van der Waals surface area contributed by atoms with E-state index in [1.54, 1.807) is 12.1 Å². The maximum Gasteiger partial charge on any atom is 0.264 e. The Hall–Kier alpha value is -2.12. The molecular formula is C14H13ClN2O4S. The highest BCUT2D eigenvalue weighted by molar-refractivity contribution is 7.89. The van der Waals surface area contributed by atoms with Gasteiger partial charge in [-0.15, -0.1) is 0 Å². The zero-order valence-electron chi connectivity index (χ0n) is 11.6. The number of ether oxygens (including phenoxy) is 1. The molecule has 0 spiro atoms. The minimum Gasteiger partial charge on any atom is -0.497 e. The van der Waals surface area contributed by atoms with Crippen LogP contribution in [-0.4, -0.2) is 26.4 Å². The van der Waals surface area contributed by atoms with E-state index in [1.165, 1.54) is 37.6 Å². The van der Waals surface area contributed by atoms with Crippen LogP contribution in [0.2, 0.25) is 5.15 Å². The van der Waals surface area contributed by atoms with Gasteiger partial charge in [-0.05, 0) is 29.8 Å². The Bertz CT molecular complexity index is 776. The highest BCUT2D eigenvalue weighted by Crippen LogP contribution is 2.13. The highest BCUT2D eigenvalue weighted by atomic mass is 35.5. The smallest absolute Gasteiger partial charge is 0.264 e. The molecule has 0 fully saturated rings. The van der Waals surface area contributed by atoms with Gasteiger partial charge >= 0.3 is 0 Å². The summed E-state index contributed by atoms with van der Waals surface area (Å²) < 4.78 is 31.0. The Labute approximate surface area is 133 Å². The SMILES string of the molecule is COc1cccc(C(=O)NS(=O)(=O)Cc2ccc(Cl)nc2)c1. The van der Waals surface area contributed by atoms with Gasteiger partial charge in [-0.2, -0.15) is 0 Å². The summed E-state index contributed by atoms with van der Waals surface area (Å²) in [7, 11) is -2.38. The summed E-state index contributed by atoms with van der Waals surface area (Å²) in [6, 6.07) is 9.22. The van der Waals surface area contributed by atoms with Crippen LogP contribution in [0.5, 0.6) is 5.75 Å². The van der Waals surface area contributed by atoms with Crippen LogP contribution in [0, 0.1) is 0 Å². The maximum absolute atomic E-state index is 12.0. The van der Waals surface area contributed by atoms with Crippen LogP contribution in [0.3, 0.4) is 0 Å². The van der Waals surface area contributed by atoms with E-state index in [4.69, 9.17) is 16.3 Å². The van der Waals surface area contributed by atoms with Crippen molar-refractivity contribution in [1.82, 2.24) is 9.71 Å². The van der Waals surface area contributed by atoms with Crippen LogP contribution < -0.4 is 9.46 Å². The van der Waals surface area contributed by atoms with Crippen molar-refractivity contribution >= 4 is 27.5 Å². The number of carbonyl (C=O) groups excluding carboxylic acids is 1. The Morgan fingerprint density at radius 2 is 2.09 bits per heavy atom. The molecule has 0 atom stereocenters. The molecule has 0 saturated carbocycles. The topological polar surface area (TPSA) is 85.4 Å². The summed E-state index contributed by atoms with van der Waals surface area (Å²) in [4.78, 5) is 15.8. The van der Waals surface area contributed by atoms with Gasteiger partial charge in [-0.25, -0.2) is 18.1 Å². The number of methoxy groups -OCH3 is 1. The summed E-state index contributed by atoms with van der Waals surface area (Å²) in [5, 5.41) is 0.265. The van der Waals surface area contributed by atoms with Gasteiger partial charge in [-0.3, -0.25) is 4.79 Å². The first-order valence-corrected chi connectivity index (χ1v) is 8.22. The second kappa shape index (κ2) is 6.76. The summed E-state index contributed by atoms with van der Waals surface area (Å²) >= 11 is 5.63. The van der Waals surface area contributed by atoms with Crippen molar-refractivity contribution in [2.75, 3.05) is 7.11 Å². The number of amides is 1. The lowest BCUT2D eigenvalue weighted by molar-refractivity contribution is 0.0981. The molecule has 0 saturated heterocycles. The predicted molar refractivity (Wildman–Crippen MR) is 82.3 cm³/mol. The van der Waals surface area contributed by atoms with Crippen molar-refractivity contribution in [2.24, 2.45) is 0 Å². The van der Waals surface area contributed by atoms with Crippen LogP contribution in [0.15, 0.2) is 42.6 Å². The number of benzene rings is 1. The molecular weight excluding hydrogens is 328 g/mol. The molecule has 1 N–H and O–H groups in total. The highest BCUT2D eigenvalue weighted by Gasteiger charge is 2.17. The van der Waals surface area contributed by atoms with Gasteiger partial charge < -0.3 is 4.74 Å². The van der Waals surface area contributed by atoms with E-state index in [9.17, 15) is 13.2 Å². The number of pyridine rings is 1. The molecule has 0 radical (unpaired) electrons. The molecule has 0 aliphatic carbocycles. The van der Waals surface area contributed by atoms with E-state index in [-0.39, 0.29) is 16.5 Å². The quantitative estimate of drug-likeness (QED) is 0.841. The van der Waals surface area contributed by atoms with Gasteiger partial charge in [-0.1, -0.05) is 23.7 Å². The fourth-order valence-corrected chi connectivity index (χ4v) is 2.91. The molecule has 6 nitrogen and oxygen atoms in total. The van der Waals surface area contributed by atoms with Gasteiger partial charge in [0.25, 0.3) is 5.91 Å². The summed E-state index contributed by atoms with van der Waals surface area (Å²) in [5.74, 6) is -0.625. The minimum absolute atomic E-state index is 0.192. The molecule has 0 unspecified atom stereocenters. The standard InChI is InChI=1S/C14H13ClN2O4S/c1-21-12-4-2-3-11(7-12)14(18)17-22(19,20)9-10-5-6-13(15)16-8-10/h2-8H,9H2,1H3,(H,17,18). The molecule has 1 amide bonds. The third kappa shape index (κ3) is 4.44.